The topological polar surface area (TPSA) is 23.0 Å². The van der Waals surface area contributed by atoms with Gasteiger partial charge in [0.25, 0.3) is 0 Å². The fourth-order valence-electron chi connectivity index (χ4n) is 18.6. The molecule has 4 heterocycles. The van der Waals surface area contributed by atoms with Crippen molar-refractivity contribution in [1.29, 1.82) is 0 Å². The largest absolute Gasteiger partial charge is 0.455 e. The quantitative estimate of drug-likeness (QED) is 0.146. The number of benzene rings is 21. The van der Waals surface area contributed by atoms with Crippen LogP contribution in [0.15, 0.2) is 429 Å². The van der Waals surface area contributed by atoms with Crippen LogP contribution < -0.4 is 0 Å². The Morgan fingerprint density at radius 2 is 0.552 bits per heavy atom. The van der Waals surface area contributed by atoms with Gasteiger partial charge in [0.2, 0.25) is 0 Å². The van der Waals surface area contributed by atoms with E-state index in [1.54, 1.807) is 0 Å². The van der Waals surface area contributed by atoms with Gasteiger partial charge < -0.3 is 13.6 Å². The van der Waals surface area contributed by atoms with Crippen LogP contribution >= 0.6 is 11.3 Å². The third-order valence-electron chi connectivity index (χ3n) is 24.0. The molecule has 4 aromatic heterocycles. The van der Waals surface area contributed by atoms with Crippen LogP contribution in [0.4, 0.5) is 0 Å². The van der Waals surface area contributed by atoms with E-state index in [2.05, 4.69) is 422 Å². The highest BCUT2D eigenvalue weighted by Gasteiger charge is 2.20. The number of hydrogen-bond acceptors (Lipinski definition) is 2. The van der Waals surface area contributed by atoms with E-state index >= 15 is 0 Å². The van der Waals surface area contributed by atoms with Crippen molar-refractivity contribution in [2.75, 3.05) is 0 Å². The lowest BCUT2D eigenvalue weighted by Gasteiger charge is -2.12. The van der Waals surface area contributed by atoms with E-state index in [-0.39, 0.29) is 0 Å². The lowest BCUT2D eigenvalue weighted by Crippen LogP contribution is -1.96. The summed E-state index contributed by atoms with van der Waals surface area (Å²) in [6.45, 7) is 0. The molecule has 21 aromatic carbocycles. The molecule has 0 aliphatic carbocycles. The molecule has 0 spiro atoms. The first-order valence-corrected chi connectivity index (χ1v) is 40.7. The summed E-state index contributed by atoms with van der Waals surface area (Å²) < 4.78 is 13.8. The molecular formula is C112H70N2OS. The van der Waals surface area contributed by atoms with Crippen LogP contribution in [0.25, 0.3) is 228 Å². The molecule has 540 valence electrons. The van der Waals surface area contributed by atoms with Gasteiger partial charge in [-0.3, -0.25) is 0 Å². The molecule has 0 unspecified atom stereocenters. The van der Waals surface area contributed by atoms with Gasteiger partial charge in [0, 0.05) is 69.4 Å². The van der Waals surface area contributed by atoms with Crippen molar-refractivity contribution in [3.05, 3.63) is 425 Å². The van der Waals surface area contributed by atoms with Gasteiger partial charge in [-0.05, 0) is 216 Å². The summed E-state index contributed by atoms with van der Waals surface area (Å²) >= 11 is 1.89. The normalized spacial score (nSPS) is 11.8. The third-order valence-corrected chi connectivity index (χ3v) is 25.2. The van der Waals surface area contributed by atoms with Crippen molar-refractivity contribution >= 4 is 172 Å². The van der Waals surface area contributed by atoms with Crippen LogP contribution in [0.2, 0.25) is 0 Å². The Labute approximate surface area is 672 Å². The number of furan rings is 1. The Kier molecular flexibility index (Phi) is 15.8. The number of rotatable bonds is 7. The summed E-state index contributed by atoms with van der Waals surface area (Å²) in [7, 11) is 0. The second-order valence-electron chi connectivity index (χ2n) is 30.5. The summed E-state index contributed by atoms with van der Waals surface area (Å²) in [5.74, 6) is 0. The molecule has 116 heavy (non-hydrogen) atoms. The highest BCUT2D eigenvalue weighted by molar-refractivity contribution is 7.26. The van der Waals surface area contributed by atoms with Crippen molar-refractivity contribution in [2.45, 2.75) is 0 Å². The SMILES string of the molecule is c1cc(-c2ccc3c4ccccc4c4ccccc4c3c2)cc(-c2cccc3c2oc2ccccc23)c1.c1cc(-c2ccc3c4ccccc4c4ccccc4c3c2)cc(-c2cccc3c2sc2ccccc23)c1.c1cc(-c2ccc3ccccc3c2)cc(-n2c3ccccc3c3cc(-n4c5ccccc5c5ccccc54)ccc32)c1. The molecule has 25 aromatic rings. The fourth-order valence-corrected chi connectivity index (χ4v) is 19.9. The molecule has 0 saturated carbocycles. The van der Waals surface area contributed by atoms with Crippen molar-refractivity contribution in [3.8, 4) is 67.0 Å². The molecule has 0 atom stereocenters. The maximum atomic E-state index is 6.33. The van der Waals surface area contributed by atoms with Gasteiger partial charge in [0.15, 0.2) is 0 Å². The maximum absolute atomic E-state index is 6.33. The van der Waals surface area contributed by atoms with Crippen molar-refractivity contribution in [3.63, 3.8) is 0 Å². The lowest BCUT2D eigenvalue weighted by molar-refractivity contribution is 0.670. The van der Waals surface area contributed by atoms with Crippen LogP contribution in [0.1, 0.15) is 0 Å². The average Bonchev–Trinajstić information content (AvgIpc) is 1.43. The molecule has 4 heteroatoms. The Balaban J connectivity index is 0.000000103. The first-order chi connectivity index (χ1) is 57.5. The van der Waals surface area contributed by atoms with Crippen LogP contribution in [0, 0.1) is 0 Å². The molecule has 0 amide bonds. The predicted molar refractivity (Wildman–Crippen MR) is 498 cm³/mol. The zero-order chi connectivity index (χ0) is 76.3. The van der Waals surface area contributed by atoms with Gasteiger partial charge >= 0.3 is 0 Å². The smallest absolute Gasteiger partial charge is 0.143 e. The minimum Gasteiger partial charge on any atom is -0.455 e. The van der Waals surface area contributed by atoms with Crippen LogP contribution in [0.3, 0.4) is 0 Å². The van der Waals surface area contributed by atoms with E-state index in [1.807, 2.05) is 23.5 Å². The molecular weight excluding hydrogens is 1420 g/mol. The van der Waals surface area contributed by atoms with Gasteiger partial charge in [-0.1, -0.05) is 334 Å². The molecule has 0 radical (unpaired) electrons. The zero-order valence-corrected chi connectivity index (χ0v) is 63.9. The number of hydrogen-bond donors (Lipinski definition) is 0. The highest BCUT2D eigenvalue weighted by Crippen LogP contribution is 2.46. The van der Waals surface area contributed by atoms with E-state index < -0.39 is 0 Å². The number of para-hydroxylation sites is 5. The molecule has 0 aliphatic heterocycles. The first-order valence-electron chi connectivity index (χ1n) is 39.8. The number of aromatic nitrogens is 2. The Morgan fingerprint density at radius 3 is 1.13 bits per heavy atom. The van der Waals surface area contributed by atoms with Gasteiger partial charge in [-0.15, -0.1) is 11.3 Å². The van der Waals surface area contributed by atoms with Crippen LogP contribution in [-0.2, 0) is 0 Å². The van der Waals surface area contributed by atoms with Gasteiger partial charge in [0.05, 0.1) is 22.1 Å². The molecule has 3 nitrogen and oxygen atoms in total. The molecule has 0 bridgehead atoms. The summed E-state index contributed by atoms with van der Waals surface area (Å²) in [6.07, 6.45) is 0. The van der Waals surface area contributed by atoms with E-state index in [1.165, 1.54) is 189 Å². The summed E-state index contributed by atoms with van der Waals surface area (Å²) in [5.41, 5.74) is 21.3. The number of fused-ring (bicyclic) bond motifs is 25. The van der Waals surface area contributed by atoms with Crippen LogP contribution in [-0.4, -0.2) is 9.13 Å². The van der Waals surface area contributed by atoms with Crippen molar-refractivity contribution in [2.24, 2.45) is 0 Å². The van der Waals surface area contributed by atoms with Gasteiger partial charge in [0.1, 0.15) is 11.2 Å². The van der Waals surface area contributed by atoms with Crippen LogP contribution in [0.5, 0.6) is 0 Å². The molecule has 0 fully saturated rings. The predicted octanol–water partition coefficient (Wildman–Crippen LogP) is 31.9. The molecule has 0 aliphatic rings. The fraction of sp³-hybridized carbons (Fsp3) is 0. The molecule has 0 saturated heterocycles. The lowest BCUT2D eigenvalue weighted by atomic mass is 9.91. The second kappa shape index (κ2) is 27.5. The summed E-state index contributed by atoms with van der Waals surface area (Å²) in [6, 6.07) is 154. The Hall–Kier alpha value is -14.9. The highest BCUT2D eigenvalue weighted by atomic mass is 32.1. The monoisotopic (exact) mass is 1490 g/mol. The minimum absolute atomic E-state index is 0.926. The third kappa shape index (κ3) is 11.1. The summed E-state index contributed by atoms with van der Waals surface area (Å²) in [5, 5.41) is 28.2. The van der Waals surface area contributed by atoms with E-state index in [0.29, 0.717) is 0 Å². The van der Waals surface area contributed by atoms with Gasteiger partial charge in [-0.2, -0.15) is 0 Å². The van der Waals surface area contributed by atoms with E-state index in [0.717, 1.165) is 38.8 Å². The van der Waals surface area contributed by atoms with Crippen molar-refractivity contribution < 1.29 is 4.42 Å². The number of nitrogens with zero attached hydrogens (tertiary/aromatic N) is 2. The summed E-state index contributed by atoms with van der Waals surface area (Å²) in [4.78, 5) is 0. The zero-order valence-electron chi connectivity index (χ0n) is 63.1. The second-order valence-corrected chi connectivity index (χ2v) is 31.5. The van der Waals surface area contributed by atoms with Gasteiger partial charge in [-0.25, -0.2) is 0 Å². The Bertz CT molecular complexity index is 7880. The molecule has 25 rings (SSSR count). The first kappa shape index (κ1) is 66.8. The number of thiophene rings is 1. The Morgan fingerprint density at radius 1 is 0.181 bits per heavy atom. The minimum atomic E-state index is 0.926. The van der Waals surface area contributed by atoms with E-state index in [9.17, 15) is 0 Å². The standard InChI is InChI=1S/C40H26N2.C36H22O.C36H22S/c1-2-11-28-24-30(21-20-27(28)10-1)29-12-9-13-31(25-29)41-39-19-8-5-16-35(39)36-26-32(22-23-40(36)41)42-37-17-6-3-14-33(37)34-15-4-7-18-38(34)42;2*1-2-13-29-27(11-1)28-12-3-4-14-30(28)34-22-24(19-20-31(29)34)23-9-7-10-25(21-23)26-16-8-17-33-32-15-5-6-18-35(32)37-36(26)33/h1-26H;2*1-22H. The average molecular weight is 1490 g/mol. The molecule has 0 N–H and O–H groups in total. The van der Waals surface area contributed by atoms with E-state index in [4.69, 9.17) is 4.42 Å². The maximum Gasteiger partial charge on any atom is 0.143 e. The van der Waals surface area contributed by atoms with Crippen molar-refractivity contribution in [1.82, 2.24) is 9.13 Å².